The van der Waals surface area contributed by atoms with E-state index in [2.05, 4.69) is 4.98 Å². The number of hydrogen-bond donors (Lipinski definition) is 2. The van der Waals surface area contributed by atoms with Gasteiger partial charge in [-0.15, -0.1) is 0 Å². The second-order valence-corrected chi connectivity index (χ2v) is 9.57. The maximum Gasteiger partial charge on any atom is 0.252 e. The Morgan fingerprint density at radius 1 is 1.13 bits per heavy atom. The van der Waals surface area contributed by atoms with Gasteiger partial charge in [0.15, 0.2) is 0 Å². The maximum absolute atomic E-state index is 13.4. The first-order valence-electron chi connectivity index (χ1n) is 9.78. The van der Waals surface area contributed by atoms with Crippen molar-refractivity contribution >= 4 is 32.5 Å². The van der Waals surface area contributed by atoms with Gasteiger partial charge in [0.25, 0.3) is 5.56 Å². The average Bonchev–Trinajstić information content (AvgIpc) is 2.72. The number of aliphatic hydroxyl groups is 1. The van der Waals surface area contributed by atoms with Gasteiger partial charge in [-0.05, 0) is 66.6 Å². The average molecular weight is 449 g/mol. The molecule has 0 saturated carbocycles. The summed E-state index contributed by atoms with van der Waals surface area (Å²) in [5.74, 6) is 0. The van der Waals surface area contributed by atoms with Crippen molar-refractivity contribution in [2.75, 3.05) is 13.2 Å². The van der Waals surface area contributed by atoms with Crippen molar-refractivity contribution in [3.8, 4) is 0 Å². The summed E-state index contributed by atoms with van der Waals surface area (Å²) in [6.07, 6.45) is 1.11. The highest BCUT2D eigenvalue weighted by atomic mass is 35.5. The number of benzene rings is 2. The van der Waals surface area contributed by atoms with Crippen molar-refractivity contribution in [3.05, 3.63) is 74.5 Å². The van der Waals surface area contributed by atoms with Crippen LogP contribution in [0.4, 0.5) is 0 Å². The largest absolute Gasteiger partial charge is 0.396 e. The van der Waals surface area contributed by atoms with Crippen molar-refractivity contribution in [3.63, 3.8) is 0 Å². The van der Waals surface area contributed by atoms with Gasteiger partial charge in [0.2, 0.25) is 10.0 Å². The van der Waals surface area contributed by atoms with Gasteiger partial charge in [-0.2, -0.15) is 4.31 Å². The number of nitrogens with one attached hydrogen (secondary N) is 1. The van der Waals surface area contributed by atoms with Gasteiger partial charge in [-0.3, -0.25) is 4.79 Å². The molecular formula is C22H25ClN2O4S. The van der Waals surface area contributed by atoms with E-state index in [1.165, 1.54) is 10.4 Å². The molecule has 3 aromatic rings. The van der Waals surface area contributed by atoms with Crippen LogP contribution in [0.3, 0.4) is 0 Å². The Morgan fingerprint density at radius 2 is 1.90 bits per heavy atom. The van der Waals surface area contributed by atoms with Crippen molar-refractivity contribution in [2.45, 2.75) is 38.1 Å². The topological polar surface area (TPSA) is 90.5 Å². The second kappa shape index (κ2) is 9.31. The highest BCUT2D eigenvalue weighted by molar-refractivity contribution is 7.89. The Balaban J connectivity index is 2.05. The normalized spacial score (nSPS) is 12.0. The Hall–Kier alpha value is -2.19. The van der Waals surface area contributed by atoms with E-state index in [9.17, 15) is 18.3 Å². The maximum atomic E-state index is 13.4. The predicted octanol–water partition coefficient (Wildman–Crippen LogP) is 3.63. The van der Waals surface area contributed by atoms with E-state index in [0.717, 1.165) is 17.4 Å². The zero-order valence-electron chi connectivity index (χ0n) is 17.0. The van der Waals surface area contributed by atoms with Crippen LogP contribution >= 0.6 is 11.6 Å². The van der Waals surface area contributed by atoms with Crippen LogP contribution in [0.25, 0.3) is 10.9 Å². The molecule has 2 N–H and O–H groups in total. The Morgan fingerprint density at radius 3 is 2.60 bits per heavy atom. The van der Waals surface area contributed by atoms with Crippen LogP contribution in [0.1, 0.15) is 30.0 Å². The number of nitrogens with zero attached hydrogens (tertiary/aromatic N) is 1. The standard InChI is InChI=1S/C22H25ClN2O4S/c1-3-16-6-8-20-17(11-16)12-18(22(27)24-20)14-25(9-4-10-26)30(28,29)21-13-19(23)7-5-15(21)2/h5-8,11-13,26H,3-4,9-10,14H2,1-2H3,(H,24,27). The highest BCUT2D eigenvalue weighted by Crippen LogP contribution is 2.25. The molecule has 0 radical (unpaired) electrons. The molecule has 160 valence electrons. The number of aromatic amines is 1. The molecule has 0 atom stereocenters. The van der Waals surface area contributed by atoms with Crippen LogP contribution < -0.4 is 5.56 Å². The molecule has 0 aliphatic carbocycles. The van der Waals surface area contributed by atoms with Gasteiger partial charge in [0, 0.05) is 35.8 Å². The lowest BCUT2D eigenvalue weighted by Crippen LogP contribution is -2.34. The van der Waals surface area contributed by atoms with Crippen molar-refractivity contribution < 1.29 is 13.5 Å². The zero-order chi connectivity index (χ0) is 21.9. The summed E-state index contributed by atoms with van der Waals surface area (Å²) in [7, 11) is -3.92. The lowest BCUT2D eigenvalue weighted by Gasteiger charge is -2.23. The number of hydrogen-bond acceptors (Lipinski definition) is 4. The third kappa shape index (κ3) is 4.75. The summed E-state index contributed by atoms with van der Waals surface area (Å²) >= 11 is 6.03. The zero-order valence-corrected chi connectivity index (χ0v) is 18.6. The third-order valence-electron chi connectivity index (χ3n) is 5.07. The number of rotatable bonds is 8. The molecule has 0 fully saturated rings. The van der Waals surface area contributed by atoms with E-state index >= 15 is 0 Å². The van der Waals surface area contributed by atoms with Crippen LogP contribution in [0.5, 0.6) is 0 Å². The molecule has 2 aromatic carbocycles. The van der Waals surface area contributed by atoms with Crippen LogP contribution in [0, 0.1) is 6.92 Å². The Kier molecular flexibility index (Phi) is 6.98. The van der Waals surface area contributed by atoms with Gasteiger partial charge in [-0.25, -0.2) is 8.42 Å². The molecule has 1 heterocycles. The molecule has 0 amide bonds. The smallest absolute Gasteiger partial charge is 0.252 e. The monoisotopic (exact) mass is 448 g/mol. The predicted molar refractivity (Wildman–Crippen MR) is 119 cm³/mol. The lowest BCUT2D eigenvalue weighted by atomic mass is 10.1. The summed E-state index contributed by atoms with van der Waals surface area (Å²) in [5, 5.41) is 10.4. The molecule has 3 rings (SSSR count). The number of aliphatic hydroxyl groups excluding tert-OH is 1. The fourth-order valence-electron chi connectivity index (χ4n) is 3.35. The highest BCUT2D eigenvalue weighted by Gasteiger charge is 2.27. The first-order valence-corrected chi connectivity index (χ1v) is 11.6. The Labute approximate surface area is 181 Å². The van der Waals surface area contributed by atoms with Gasteiger partial charge < -0.3 is 10.1 Å². The number of aryl methyl sites for hydroxylation is 2. The fourth-order valence-corrected chi connectivity index (χ4v) is 5.30. The number of sulfonamides is 1. The number of H-pyrrole nitrogens is 1. The summed E-state index contributed by atoms with van der Waals surface area (Å²) in [5.41, 5.74) is 2.40. The summed E-state index contributed by atoms with van der Waals surface area (Å²) in [6.45, 7) is 3.56. The first-order chi connectivity index (χ1) is 14.3. The van der Waals surface area contributed by atoms with Crippen molar-refractivity contribution in [1.29, 1.82) is 0 Å². The minimum absolute atomic E-state index is 0.0806. The SMILES string of the molecule is CCc1ccc2[nH]c(=O)c(CN(CCCO)S(=O)(=O)c3cc(Cl)ccc3C)cc2c1. The van der Waals surface area contributed by atoms with Gasteiger partial charge >= 0.3 is 0 Å². The second-order valence-electron chi connectivity index (χ2n) is 7.22. The molecule has 1 aromatic heterocycles. The molecule has 30 heavy (non-hydrogen) atoms. The molecule has 6 nitrogen and oxygen atoms in total. The number of halogens is 1. The molecule has 0 spiro atoms. The van der Waals surface area contributed by atoms with Crippen molar-refractivity contribution in [2.24, 2.45) is 0 Å². The molecule has 0 bridgehead atoms. The van der Waals surface area contributed by atoms with E-state index in [1.807, 2.05) is 25.1 Å². The summed E-state index contributed by atoms with van der Waals surface area (Å²) in [6, 6.07) is 12.2. The van der Waals surface area contributed by atoms with E-state index in [-0.39, 0.29) is 36.6 Å². The van der Waals surface area contributed by atoms with E-state index in [0.29, 0.717) is 21.7 Å². The van der Waals surface area contributed by atoms with Gasteiger partial charge in [0.05, 0.1) is 4.90 Å². The number of fused-ring (bicyclic) bond motifs is 1. The van der Waals surface area contributed by atoms with Crippen LogP contribution in [-0.2, 0) is 23.0 Å². The quantitative estimate of drug-likeness (QED) is 0.550. The van der Waals surface area contributed by atoms with Gasteiger partial charge in [0.1, 0.15) is 0 Å². The van der Waals surface area contributed by atoms with Crippen LogP contribution in [-0.4, -0.2) is 36.0 Å². The van der Waals surface area contributed by atoms with Gasteiger partial charge in [-0.1, -0.05) is 30.7 Å². The fraction of sp³-hybridized carbons (Fsp3) is 0.318. The minimum Gasteiger partial charge on any atom is -0.396 e. The van der Waals surface area contributed by atoms with Crippen molar-refractivity contribution in [1.82, 2.24) is 9.29 Å². The number of pyridine rings is 1. The minimum atomic E-state index is -3.92. The first kappa shape index (κ1) is 22.5. The molecular weight excluding hydrogens is 424 g/mol. The van der Waals surface area contributed by atoms with E-state index < -0.39 is 10.0 Å². The molecule has 0 saturated heterocycles. The summed E-state index contributed by atoms with van der Waals surface area (Å²) < 4.78 is 28.0. The lowest BCUT2D eigenvalue weighted by molar-refractivity contribution is 0.267. The molecule has 0 unspecified atom stereocenters. The van der Waals surface area contributed by atoms with E-state index in [1.54, 1.807) is 25.1 Å². The molecule has 0 aliphatic rings. The third-order valence-corrected chi connectivity index (χ3v) is 7.30. The van der Waals surface area contributed by atoms with E-state index in [4.69, 9.17) is 11.6 Å². The summed E-state index contributed by atoms with van der Waals surface area (Å²) in [4.78, 5) is 15.6. The Bertz CT molecular complexity index is 1220. The number of aromatic nitrogens is 1. The van der Waals surface area contributed by atoms with Crippen LogP contribution in [0.2, 0.25) is 5.02 Å². The van der Waals surface area contributed by atoms with Crippen LogP contribution in [0.15, 0.2) is 52.2 Å². The molecule has 0 aliphatic heterocycles. The molecule has 8 heteroatoms.